The summed E-state index contributed by atoms with van der Waals surface area (Å²) in [5.74, 6) is 0.579. The van der Waals surface area contributed by atoms with E-state index in [2.05, 4.69) is 10.6 Å². The Morgan fingerprint density at radius 2 is 2.21 bits per heavy atom. The number of ketones is 1. The normalized spacial score (nSPS) is 22.5. The first kappa shape index (κ1) is 12.7. The minimum absolute atomic E-state index is 0.00195. The third-order valence-electron chi connectivity index (χ3n) is 3.52. The van der Waals surface area contributed by atoms with Gasteiger partial charge < -0.3 is 10.6 Å². The largest absolute Gasteiger partial charge is 0.324 e. The van der Waals surface area contributed by atoms with Gasteiger partial charge in [-0.25, -0.2) is 0 Å². The summed E-state index contributed by atoms with van der Waals surface area (Å²) >= 11 is 1.51. The van der Waals surface area contributed by atoms with E-state index in [4.69, 9.17) is 0 Å². The van der Waals surface area contributed by atoms with E-state index in [9.17, 15) is 9.59 Å². The number of nitrogens with one attached hydrogen (secondary N) is 2. The van der Waals surface area contributed by atoms with Crippen LogP contribution in [0.4, 0.5) is 5.69 Å². The molecule has 2 aliphatic rings. The van der Waals surface area contributed by atoms with Crippen LogP contribution in [0.2, 0.25) is 0 Å². The Morgan fingerprint density at radius 3 is 3.00 bits per heavy atom. The van der Waals surface area contributed by atoms with Gasteiger partial charge in [0.25, 0.3) is 0 Å². The molecule has 1 saturated heterocycles. The smallest absolute Gasteiger partial charge is 0.234 e. The Bertz CT molecular complexity index is 524. The molecule has 1 atom stereocenters. The van der Waals surface area contributed by atoms with Crippen LogP contribution in [-0.4, -0.2) is 30.0 Å². The van der Waals surface area contributed by atoms with E-state index in [-0.39, 0.29) is 17.7 Å². The summed E-state index contributed by atoms with van der Waals surface area (Å²) in [5.41, 5.74) is 1.45. The van der Waals surface area contributed by atoms with Gasteiger partial charge in [0.15, 0.2) is 5.78 Å². The highest BCUT2D eigenvalue weighted by Gasteiger charge is 2.23. The van der Waals surface area contributed by atoms with Gasteiger partial charge in [0, 0.05) is 10.5 Å². The lowest BCUT2D eigenvalue weighted by molar-refractivity contribution is -0.113. The molecule has 0 aromatic heterocycles. The number of rotatable bonds is 2. The number of amides is 1. The lowest BCUT2D eigenvalue weighted by Gasteiger charge is -2.23. The first-order valence-corrected chi connectivity index (χ1v) is 7.57. The van der Waals surface area contributed by atoms with Crippen LogP contribution in [0.15, 0.2) is 23.1 Å². The summed E-state index contributed by atoms with van der Waals surface area (Å²) in [6.07, 6.45) is 3.14. The molecule has 0 radical (unpaired) electrons. The van der Waals surface area contributed by atoms with E-state index < -0.39 is 0 Å². The molecule has 1 fully saturated rings. The minimum atomic E-state index is -0.0706. The standard InChI is InChI=1S/C14H16N2O2S/c17-13-8-19-12-5-4-9(7-11(12)16-13)14(18)10-3-1-2-6-15-10/h4-5,7,10,15H,1-3,6,8H2,(H,16,17). The van der Waals surface area contributed by atoms with Gasteiger partial charge in [-0.1, -0.05) is 12.5 Å². The van der Waals surface area contributed by atoms with E-state index in [0.717, 1.165) is 36.4 Å². The van der Waals surface area contributed by atoms with Crippen molar-refractivity contribution in [3.63, 3.8) is 0 Å². The second-order valence-electron chi connectivity index (χ2n) is 4.91. The SMILES string of the molecule is O=C1CSc2ccc(C(=O)C3CCCCN3)cc2N1. The zero-order chi connectivity index (χ0) is 13.2. The van der Waals surface area contributed by atoms with Crippen molar-refractivity contribution in [1.29, 1.82) is 0 Å². The average Bonchev–Trinajstić information content (AvgIpc) is 2.46. The number of piperidine rings is 1. The summed E-state index contributed by atoms with van der Waals surface area (Å²) < 4.78 is 0. The number of benzene rings is 1. The molecule has 3 rings (SSSR count). The topological polar surface area (TPSA) is 58.2 Å². The summed E-state index contributed by atoms with van der Waals surface area (Å²) in [6, 6.07) is 5.52. The fourth-order valence-electron chi connectivity index (χ4n) is 2.51. The number of thioether (sulfide) groups is 1. The average molecular weight is 276 g/mol. The van der Waals surface area contributed by atoms with Gasteiger partial charge in [-0.15, -0.1) is 11.8 Å². The molecule has 1 aromatic carbocycles. The fraction of sp³-hybridized carbons (Fsp3) is 0.429. The van der Waals surface area contributed by atoms with Gasteiger partial charge in [-0.05, 0) is 31.5 Å². The second kappa shape index (κ2) is 5.35. The molecule has 0 bridgehead atoms. The maximum Gasteiger partial charge on any atom is 0.234 e. The van der Waals surface area contributed by atoms with Crippen LogP contribution in [-0.2, 0) is 4.79 Å². The lowest BCUT2D eigenvalue weighted by atomic mass is 9.96. The van der Waals surface area contributed by atoms with E-state index >= 15 is 0 Å². The monoisotopic (exact) mass is 276 g/mol. The van der Waals surface area contributed by atoms with Crippen LogP contribution >= 0.6 is 11.8 Å². The Hall–Kier alpha value is -1.33. The maximum absolute atomic E-state index is 12.4. The molecule has 1 unspecified atom stereocenters. The molecular weight excluding hydrogens is 260 g/mol. The zero-order valence-electron chi connectivity index (χ0n) is 10.6. The number of hydrogen-bond acceptors (Lipinski definition) is 4. The molecule has 0 aliphatic carbocycles. The van der Waals surface area contributed by atoms with Crippen molar-refractivity contribution in [3.05, 3.63) is 23.8 Å². The molecule has 2 heterocycles. The Morgan fingerprint density at radius 1 is 1.32 bits per heavy atom. The highest BCUT2D eigenvalue weighted by atomic mass is 32.2. The number of anilines is 1. The van der Waals surface area contributed by atoms with E-state index in [1.165, 1.54) is 11.8 Å². The quantitative estimate of drug-likeness (QED) is 0.812. The van der Waals surface area contributed by atoms with Gasteiger partial charge in [0.1, 0.15) is 0 Å². The van der Waals surface area contributed by atoms with E-state index in [1.54, 1.807) is 6.07 Å². The number of hydrogen-bond donors (Lipinski definition) is 2. The number of carbonyl (C=O) groups is 2. The van der Waals surface area contributed by atoms with Crippen molar-refractivity contribution in [2.45, 2.75) is 30.2 Å². The molecular formula is C14H16N2O2S. The van der Waals surface area contributed by atoms with E-state index in [1.807, 2.05) is 12.1 Å². The van der Waals surface area contributed by atoms with Crippen LogP contribution in [0, 0.1) is 0 Å². The predicted molar refractivity (Wildman–Crippen MR) is 75.8 cm³/mol. The van der Waals surface area contributed by atoms with Crippen molar-refractivity contribution in [2.75, 3.05) is 17.6 Å². The molecule has 1 aromatic rings. The number of Topliss-reactive ketones (excluding diaryl/α,β-unsaturated/α-hetero) is 1. The Balaban J connectivity index is 1.83. The molecule has 1 amide bonds. The molecule has 100 valence electrons. The van der Waals surface area contributed by atoms with Crippen molar-refractivity contribution in [1.82, 2.24) is 5.32 Å². The van der Waals surface area contributed by atoms with Crippen molar-refractivity contribution < 1.29 is 9.59 Å². The first-order chi connectivity index (χ1) is 9.24. The fourth-order valence-corrected chi connectivity index (χ4v) is 3.30. The number of fused-ring (bicyclic) bond motifs is 1. The second-order valence-corrected chi connectivity index (χ2v) is 5.93. The molecule has 0 spiro atoms. The lowest BCUT2D eigenvalue weighted by Crippen LogP contribution is -2.40. The van der Waals surface area contributed by atoms with Crippen molar-refractivity contribution >= 4 is 29.1 Å². The zero-order valence-corrected chi connectivity index (χ0v) is 11.4. The summed E-state index contributed by atoms with van der Waals surface area (Å²) in [4.78, 5) is 24.8. The van der Waals surface area contributed by atoms with Crippen LogP contribution in [0.5, 0.6) is 0 Å². The highest BCUT2D eigenvalue weighted by molar-refractivity contribution is 8.00. The molecule has 2 N–H and O–H groups in total. The summed E-state index contributed by atoms with van der Waals surface area (Å²) in [6.45, 7) is 0.911. The third-order valence-corrected chi connectivity index (χ3v) is 4.60. The van der Waals surface area contributed by atoms with Gasteiger partial charge in [0.2, 0.25) is 5.91 Å². The minimum Gasteiger partial charge on any atom is -0.324 e. The molecule has 19 heavy (non-hydrogen) atoms. The summed E-state index contributed by atoms with van der Waals surface area (Å²) in [5, 5.41) is 6.09. The van der Waals surface area contributed by atoms with E-state index in [0.29, 0.717) is 11.3 Å². The van der Waals surface area contributed by atoms with Gasteiger partial charge in [0.05, 0.1) is 17.5 Å². The highest BCUT2D eigenvalue weighted by Crippen LogP contribution is 2.32. The Kier molecular flexibility index (Phi) is 3.57. The van der Waals surface area contributed by atoms with Crippen LogP contribution in [0.25, 0.3) is 0 Å². The predicted octanol–water partition coefficient (Wildman–Crippen LogP) is 2.06. The van der Waals surface area contributed by atoms with Crippen LogP contribution in [0.3, 0.4) is 0 Å². The molecule has 0 saturated carbocycles. The van der Waals surface area contributed by atoms with Gasteiger partial charge >= 0.3 is 0 Å². The van der Waals surface area contributed by atoms with Gasteiger partial charge in [-0.3, -0.25) is 9.59 Å². The summed E-state index contributed by atoms with van der Waals surface area (Å²) in [7, 11) is 0. The van der Waals surface area contributed by atoms with Crippen LogP contribution < -0.4 is 10.6 Å². The van der Waals surface area contributed by atoms with Crippen molar-refractivity contribution in [3.8, 4) is 0 Å². The maximum atomic E-state index is 12.4. The number of carbonyl (C=O) groups excluding carboxylic acids is 2. The molecule has 5 heteroatoms. The molecule has 4 nitrogen and oxygen atoms in total. The van der Waals surface area contributed by atoms with Crippen LogP contribution in [0.1, 0.15) is 29.6 Å². The molecule has 2 aliphatic heterocycles. The van der Waals surface area contributed by atoms with Crippen molar-refractivity contribution in [2.24, 2.45) is 0 Å². The first-order valence-electron chi connectivity index (χ1n) is 6.58. The Labute approximate surface area is 116 Å². The third kappa shape index (κ3) is 2.67. The van der Waals surface area contributed by atoms with Gasteiger partial charge in [-0.2, -0.15) is 0 Å².